The van der Waals surface area contributed by atoms with Gasteiger partial charge in [0.25, 0.3) is 0 Å². The first-order valence-electron chi connectivity index (χ1n) is 7.00. The Labute approximate surface area is 119 Å². The maximum Gasteiger partial charge on any atom is 0.167 e. The smallest absolute Gasteiger partial charge is 0.167 e. The lowest BCUT2D eigenvalue weighted by molar-refractivity contribution is 0.161. The molecule has 2 N–H and O–H groups in total. The quantitative estimate of drug-likeness (QED) is 0.844. The van der Waals surface area contributed by atoms with Crippen molar-refractivity contribution in [3.05, 3.63) is 17.9 Å². The van der Waals surface area contributed by atoms with E-state index in [1.54, 1.807) is 13.2 Å². The third kappa shape index (κ3) is 3.33. The van der Waals surface area contributed by atoms with E-state index in [0.29, 0.717) is 11.6 Å². The van der Waals surface area contributed by atoms with Crippen molar-refractivity contribution in [1.82, 2.24) is 0 Å². The van der Waals surface area contributed by atoms with Gasteiger partial charge in [-0.2, -0.15) is 0 Å². The maximum atomic E-state index is 13.8. The van der Waals surface area contributed by atoms with Gasteiger partial charge in [-0.05, 0) is 20.3 Å². The van der Waals surface area contributed by atoms with Gasteiger partial charge in [0, 0.05) is 38.2 Å². The molecule has 0 radical (unpaired) electrons. The molecule has 2 rings (SSSR count). The maximum absolute atomic E-state index is 13.8. The van der Waals surface area contributed by atoms with Crippen LogP contribution in [0.4, 0.5) is 15.8 Å². The number of methoxy groups -OCH3 is 1. The Kier molecular flexibility index (Phi) is 4.70. The minimum absolute atomic E-state index is 0.0687. The number of anilines is 2. The summed E-state index contributed by atoms with van der Waals surface area (Å²) < 4.78 is 24.5. The Balaban J connectivity index is 2.19. The summed E-state index contributed by atoms with van der Waals surface area (Å²) >= 11 is 0. The molecule has 1 aliphatic rings. The molecule has 1 atom stereocenters. The molecule has 0 saturated carbocycles. The Morgan fingerprint density at radius 1 is 1.45 bits per heavy atom. The van der Waals surface area contributed by atoms with Crippen molar-refractivity contribution in [1.29, 1.82) is 0 Å². The largest absolute Gasteiger partial charge is 0.488 e. The molecular weight excluding hydrogens is 259 g/mol. The number of hydrogen-bond acceptors (Lipinski definition) is 4. The highest BCUT2D eigenvalue weighted by atomic mass is 19.1. The highest BCUT2D eigenvalue weighted by molar-refractivity contribution is 5.70. The summed E-state index contributed by atoms with van der Waals surface area (Å²) in [6.07, 6.45) is 0.992. The molecule has 1 unspecified atom stereocenters. The van der Waals surface area contributed by atoms with E-state index in [2.05, 4.69) is 4.90 Å². The number of nitrogens with two attached hydrogens (primary N) is 1. The Morgan fingerprint density at radius 3 is 2.85 bits per heavy atom. The number of halogens is 1. The van der Waals surface area contributed by atoms with Crippen LogP contribution in [-0.2, 0) is 4.74 Å². The molecule has 112 valence electrons. The highest BCUT2D eigenvalue weighted by Crippen LogP contribution is 2.34. The first-order chi connectivity index (χ1) is 9.51. The fourth-order valence-electron chi connectivity index (χ4n) is 2.60. The minimum atomic E-state index is -0.410. The van der Waals surface area contributed by atoms with E-state index in [4.69, 9.17) is 15.2 Å². The van der Waals surface area contributed by atoms with Gasteiger partial charge in [0.05, 0.1) is 24.1 Å². The first-order valence-corrected chi connectivity index (χ1v) is 7.00. The van der Waals surface area contributed by atoms with E-state index in [0.717, 1.165) is 31.8 Å². The van der Waals surface area contributed by atoms with E-state index >= 15 is 0 Å². The fourth-order valence-corrected chi connectivity index (χ4v) is 2.60. The van der Waals surface area contributed by atoms with Crippen LogP contribution in [0.3, 0.4) is 0 Å². The molecule has 1 fully saturated rings. The van der Waals surface area contributed by atoms with Crippen molar-refractivity contribution >= 4 is 11.4 Å². The van der Waals surface area contributed by atoms with E-state index < -0.39 is 5.82 Å². The van der Waals surface area contributed by atoms with Gasteiger partial charge in [-0.1, -0.05) is 0 Å². The van der Waals surface area contributed by atoms with Crippen LogP contribution >= 0.6 is 0 Å². The second-order valence-corrected chi connectivity index (χ2v) is 5.56. The number of nitrogens with zero attached hydrogens (tertiary/aromatic N) is 1. The summed E-state index contributed by atoms with van der Waals surface area (Å²) in [5.41, 5.74) is 7.25. The lowest BCUT2D eigenvalue weighted by atomic mass is 10.1. The van der Waals surface area contributed by atoms with Crippen LogP contribution in [0, 0.1) is 11.7 Å². The number of ether oxygens (including phenoxy) is 2. The molecular formula is C15H23FN2O2. The van der Waals surface area contributed by atoms with Crippen molar-refractivity contribution in [2.24, 2.45) is 5.92 Å². The van der Waals surface area contributed by atoms with Crippen molar-refractivity contribution in [3.8, 4) is 5.75 Å². The Morgan fingerprint density at radius 2 is 2.20 bits per heavy atom. The van der Waals surface area contributed by atoms with Gasteiger partial charge < -0.3 is 20.1 Å². The molecule has 0 aliphatic carbocycles. The SMILES string of the molecule is COCC1CCN(c2cc(OC(C)C)c(F)cc2N)C1. The third-order valence-electron chi connectivity index (χ3n) is 3.47. The average Bonchev–Trinajstić information content (AvgIpc) is 2.81. The number of hydrogen-bond donors (Lipinski definition) is 1. The Bertz CT molecular complexity index is 465. The highest BCUT2D eigenvalue weighted by Gasteiger charge is 2.25. The first kappa shape index (κ1) is 14.9. The minimum Gasteiger partial charge on any atom is -0.488 e. The Hall–Kier alpha value is -1.49. The zero-order valence-electron chi connectivity index (χ0n) is 12.4. The normalized spacial score (nSPS) is 18.9. The standard InChI is InChI=1S/C15H23FN2O2/c1-10(2)20-15-7-14(13(17)6-12(15)16)18-5-4-11(8-18)9-19-3/h6-7,10-11H,4-5,8-9,17H2,1-3H3. The molecule has 20 heavy (non-hydrogen) atoms. The predicted octanol–water partition coefficient (Wildman–Crippen LogP) is 2.67. The summed E-state index contributed by atoms with van der Waals surface area (Å²) in [5, 5.41) is 0. The van der Waals surface area contributed by atoms with Crippen LogP contribution in [0.5, 0.6) is 5.75 Å². The lowest BCUT2D eigenvalue weighted by Gasteiger charge is -2.22. The van der Waals surface area contributed by atoms with E-state index in [1.165, 1.54) is 6.07 Å². The second kappa shape index (κ2) is 6.31. The molecule has 0 bridgehead atoms. The summed E-state index contributed by atoms with van der Waals surface area (Å²) in [6, 6.07) is 3.05. The fraction of sp³-hybridized carbons (Fsp3) is 0.600. The van der Waals surface area contributed by atoms with Gasteiger partial charge in [0.1, 0.15) is 0 Å². The number of nitrogen functional groups attached to an aromatic ring is 1. The number of rotatable bonds is 5. The van der Waals surface area contributed by atoms with Gasteiger partial charge in [0.2, 0.25) is 0 Å². The van der Waals surface area contributed by atoms with E-state index in [1.807, 2.05) is 13.8 Å². The van der Waals surface area contributed by atoms with Gasteiger partial charge in [-0.15, -0.1) is 0 Å². The molecule has 4 nitrogen and oxygen atoms in total. The van der Waals surface area contributed by atoms with Gasteiger partial charge in [0.15, 0.2) is 11.6 Å². The monoisotopic (exact) mass is 282 g/mol. The molecule has 0 aromatic heterocycles. The van der Waals surface area contributed by atoms with Crippen LogP contribution in [0.2, 0.25) is 0 Å². The van der Waals surface area contributed by atoms with Crippen LogP contribution in [0.25, 0.3) is 0 Å². The molecule has 0 spiro atoms. The molecule has 1 aromatic rings. The van der Waals surface area contributed by atoms with Gasteiger partial charge in [-0.3, -0.25) is 0 Å². The van der Waals surface area contributed by atoms with Gasteiger partial charge in [-0.25, -0.2) is 4.39 Å². The summed E-state index contributed by atoms with van der Waals surface area (Å²) in [7, 11) is 1.71. The van der Waals surface area contributed by atoms with Crippen molar-refractivity contribution < 1.29 is 13.9 Å². The lowest BCUT2D eigenvalue weighted by Crippen LogP contribution is -2.22. The predicted molar refractivity (Wildman–Crippen MR) is 78.8 cm³/mol. The zero-order chi connectivity index (χ0) is 14.7. The molecule has 5 heteroatoms. The van der Waals surface area contributed by atoms with Crippen LogP contribution < -0.4 is 15.4 Å². The molecule has 1 heterocycles. The molecule has 1 saturated heterocycles. The summed E-state index contributed by atoms with van der Waals surface area (Å²) in [5.74, 6) is 0.353. The van der Waals surface area contributed by atoms with E-state index in [9.17, 15) is 4.39 Å². The number of benzene rings is 1. The van der Waals surface area contributed by atoms with Crippen LogP contribution in [0.15, 0.2) is 12.1 Å². The summed E-state index contributed by atoms with van der Waals surface area (Å²) in [4.78, 5) is 2.17. The third-order valence-corrected chi connectivity index (χ3v) is 3.47. The van der Waals surface area contributed by atoms with Crippen molar-refractivity contribution in [2.45, 2.75) is 26.4 Å². The van der Waals surface area contributed by atoms with Crippen molar-refractivity contribution in [2.75, 3.05) is 37.4 Å². The van der Waals surface area contributed by atoms with Crippen molar-refractivity contribution in [3.63, 3.8) is 0 Å². The van der Waals surface area contributed by atoms with Crippen LogP contribution in [0.1, 0.15) is 20.3 Å². The van der Waals surface area contributed by atoms with E-state index in [-0.39, 0.29) is 11.9 Å². The topological polar surface area (TPSA) is 47.7 Å². The second-order valence-electron chi connectivity index (χ2n) is 5.56. The average molecular weight is 282 g/mol. The molecule has 0 amide bonds. The molecule has 1 aromatic carbocycles. The van der Waals surface area contributed by atoms with Gasteiger partial charge >= 0.3 is 0 Å². The van der Waals surface area contributed by atoms with Crippen LogP contribution in [-0.4, -0.2) is 32.9 Å². The summed E-state index contributed by atoms with van der Waals surface area (Å²) in [6.45, 7) is 6.28. The zero-order valence-corrected chi connectivity index (χ0v) is 12.4. The molecule has 1 aliphatic heterocycles.